The van der Waals surface area contributed by atoms with Gasteiger partial charge >= 0.3 is 6.18 Å². The standard InChI is InChI=1S/C11H8BrF3N4O/c12-6-4-5-19(16)9(6)10(20)18-8-3-1-2-7(17-8)11(13,14)15/h1-5H,16H2,(H,17,18,20). The molecule has 106 valence electrons. The van der Waals surface area contributed by atoms with E-state index in [9.17, 15) is 18.0 Å². The van der Waals surface area contributed by atoms with Crippen LogP contribution in [0.5, 0.6) is 0 Å². The first-order chi connectivity index (χ1) is 9.29. The Hall–Kier alpha value is -2.03. The van der Waals surface area contributed by atoms with Gasteiger partial charge in [0.25, 0.3) is 5.91 Å². The number of hydrogen-bond acceptors (Lipinski definition) is 3. The third-order valence-electron chi connectivity index (χ3n) is 2.36. The first kappa shape index (κ1) is 14.4. The summed E-state index contributed by atoms with van der Waals surface area (Å²) in [5, 5.41) is 2.26. The summed E-state index contributed by atoms with van der Waals surface area (Å²) in [4.78, 5) is 15.2. The van der Waals surface area contributed by atoms with Gasteiger partial charge in [0.15, 0.2) is 0 Å². The molecule has 1 amide bonds. The Morgan fingerprint density at radius 2 is 2.05 bits per heavy atom. The van der Waals surface area contributed by atoms with E-state index in [0.29, 0.717) is 4.47 Å². The van der Waals surface area contributed by atoms with E-state index in [1.54, 1.807) is 0 Å². The van der Waals surface area contributed by atoms with Gasteiger partial charge in [0.05, 0.1) is 4.47 Å². The fourth-order valence-corrected chi connectivity index (χ4v) is 1.99. The van der Waals surface area contributed by atoms with Gasteiger partial charge in [-0.15, -0.1) is 0 Å². The van der Waals surface area contributed by atoms with Gasteiger partial charge in [-0.2, -0.15) is 13.2 Å². The Morgan fingerprint density at radius 1 is 1.35 bits per heavy atom. The van der Waals surface area contributed by atoms with E-state index in [0.717, 1.165) is 16.8 Å². The van der Waals surface area contributed by atoms with Gasteiger partial charge < -0.3 is 11.2 Å². The molecule has 2 aromatic rings. The smallest absolute Gasteiger partial charge is 0.339 e. The van der Waals surface area contributed by atoms with Crippen LogP contribution in [-0.4, -0.2) is 15.6 Å². The van der Waals surface area contributed by atoms with Gasteiger partial charge in [-0.1, -0.05) is 6.07 Å². The van der Waals surface area contributed by atoms with E-state index in [1.165, 1.54) is 18.3 Å². The first-order valence-electron chi connectivity index (χ1n) is 5.26. The number of nitrogen functional groups attached to an aromatic ring is 1. The van der Waals surface area contributed by atoms with Crippen LogP contribution in [-0.2, 0) is 6.18 Å². The van der Waals surface area contributed by atoms with Crippen molar-refractivity contribution in [3.63, 3.8) is 0 Å². The summed E-state index contributed by atoms with van der Waals surface area (Å²) in [5.74, 6) is 4.64. The number of anilines is 1. The molecular formula is C11H8BrF3N4O. The molecule has 9 heteroatoms. The lowest BCUT2D eigenvalue weighted by Gasteiger charge is -2.09. The minimum atomic E-state index is -4.57. The Kier molecular flexibility index (Phi) is 3.71. The van der Waals surface area contributed by atoms with Crippen molar-refractivity contribution in [2.45, 2.75) is 6.18 Å². The molecule has 0 bridgehead atoms. The lowest BCUT2D eigenvalue weighted by Crippen LogP contribution is -2.22. The molecule has 0 fully saturated rings. The minimum Gasteiger partial charge on any atom is -0.339 e. The molecule has 0 saturated heterocycles. The molecule has 2 heterocycles. The number of aromatic nitrogens is 2. The fraction of sp³-hybridized carbons (Fsp3) is 0.0909. The quantitative estimate of drug-likeness (QED) is 0.819. The van der Waals surface area contributed by atoms with Crippen LogP contribution < -0.4 is 11.2 Å². The van der Waals surface area contributed by atoms with Gasteiger partial charge in [-0.3, -0.25) is 9.47 Å². The third-order valence-corrected chi connectivity index (χ3v) is 3.00. The van der Waals surface area contributed by atoms with E-state index in [-0.39, 0.29) is 11.5 Å². The van der Waals surface area contributed by atoms with E-state index in [1.807, 2.05) is 0 Å². The largest absolute Gasteiger partial charge is 0.433 e. The summed E-state index contributed by atoms with van der Waals surface area (Å²) in [6, 6.07) is 4.76. The van der Waals surface area contributed by atoms with Crippen LogP contribution in [0.3, 0.4) is 0 Å². The highest BCUT2D eigenvalue weighted by Crippen LogP contribution is 2.28. The zero-order chi connectivity index (χ0) is 14.9. The third kappa shape index (κ3) is 2.93. The Morgan fingerprint density at radius 3 is 2.60 bits per heavy atom. The molecule has 0 atom stereocenters. The average molecular weight is 349 g/mol. The summed E-state index contributed by atoms with van der Waals surface area (Å²) < 4.78 is 39.0. The van der Waals surface area contributed by atoms with Crippen molar-refractivity contribution in [1.82, 2.24) is 9.66 Å². The number of hydrogen-bond donors (Lipinski definition) is 2. The molecule has 0 saturated carbocycles. The highest BCUT2D eigenvalue weighted by molar-refractivity contribution is 9.10. The lowest BCUT2D eigenvalue weighted by molar-refractivity contribution is -0.141. The molecule has 0 aliphatic carbocycles. The number of halogens is 4. The second-order valence-electron chi connectivity index (χ2n) is 3.78. The molecule has 0 aliphatic heterocycles. The van der Waals surface area contributed by atoms with E-state index >= 15 is 0 Å². The maximum Gasteiger partial charge on any atom is 0.433 e. The van der Waals surface area contributed by atoms with Crippen molar-refractivity contribution >= 4 is 27.7 Å². The predicted octanol–water partition coefficient (Wildman–Crippen LogP) is 2.63. The first-order valence-corrected chi connectivity index (χ1v) is 6.06. The fourth-order valence-electron chi connectivity index (χ4n) is 1.49. The normalized spacial score (nSPS) is 11.4. The number of pyridine rings is 1. The highest BCUT2D eigenvalue weighted by atomic mass is 79.9. The van der Waals surface area contributed by atoms with Crippen molar-refractivity contribution in [3.05, 3.63) is 46.3 Å². The zero-order valence-corrected chi connectivity index (χ0v) is 11.4. The molecule has 0 aromatic carbocycles. The summed E-state index contributed by atoms with van der Waals surface area (Å²) in [6.07, 6.45) is -3.14. The topological polar surface area (TPSA) is 72.9 Å². The van der Waals surface area contributed by atoms with Crippen molar-refractivity contribution < 1.29 is 18.0 Å². The van der Waals surface area contributed by atoms with E-state index in [2.05, 4.69) is 26.2 Å². The second kappa shape index (κ2) is 5.16. The molecule has 2 aromatic heterocycles. The molecule has 0 spiro atoms. The molecule has 3 N–H and O–H groups in total. The van der Waals surface area contributed by atoms with Crippen LogP contribution in [0.4, 0.5) is 19.0 Å². The number of nitrogens with zero attached hydrogens (tertiary/aromatic N) is 2. The Bertz CT molecular complexity index is 634. The van der Waals surface area contributed by atoms with Gasteiger partial charge in [0.2, 0.25) is 0 Å². The minimum absolute atomic E-state index is 0.0733. The molecule has 5 nitrogen and oxygen atoms in total. The molecule has 2 rings (SSSR count). The lowest BCUT2D eigenvalue weighted by atomic mass is 10.3. The number of carbonyl (C=O) groups excluding carboxylic acids is 1. The number of alkyl halides is 3. The van der Waals surface area contributed by atoms with Gasteiger partial charge in [0, 0.05) is 6.20 Å². The van der Waals surface area contributed by atoms with Crippen LogP contribution in [0.25, 0.3) is 0 Å². The second-order valence-corrected chi connectivity index (χ2v) is 4.63. The molecule has 0 aliphatic rings. The number of rotatable bonds is 2. The van der Waals surface area contributed by atoms with Gasteiger partial charge in [-0.25, -0.2) is 4.98 Å². The summed E-state index contributed by atoms with van der Waals surface area (Å²) in [6.45, 7) is 0. The van der Waals surface area contributed by atoms with Crippen molar-refractivity contribution in [2.75, 3.05) is 11.2 Å². The number of nitrogens with two attached hydrogens (primary N) is 1. The Balaban J connectivity index is 2.25. The van der Waals surface area contributed by atoms with Crippen LogP contribution in [0, 0.1) is 0 Å². The van der Waals surface area contributed by atoms with Crippen molar-refractivity contribution in [1.29, 1.82) is 0 Å². The maximum atomic E-state index is 12.5. The number of carbonyl (C=O) groups is 1. The molecule has 0 radical (unpaired) electrons. The van der Waals surface area contributed by atoms with Crippen LogP contribution in [0.1, 0.15) is 16.2 Å². The SMILES string of the molecule is Nn1ccc(Br)c1C(=O)Nc1cccc(C(F)(F)F)n1. The molecule has 20 heavy (non-hydrogen) atoms. The van der Waals surface area contributed by atoms with Crippen LogP contribution >= 0.6 is 15.9 Å². The van der Waals surface area contributed by atoms with Crippen LogP contribution in [0.15, 0.2) is 34.9 Å². The van der Waals surface area contributed by atoms with Crippen molar-refractivity contribution in [3.8, 4) is 0 Å². The summed E-state index contributed by atoms with van der Waals surface area (Å²) >= 11 is 3.12. The number of amides is 1. The van der Waals surface area contributed by atoms with Gasteiger partial charge in [0.1, 0.15) is 17.2 Å². The summed E-state index contributed by atoms with van der Waals surface area (Å²) in [5.41, 5.74) is -1.01. The number of nitrogens with one attached hydrogen (secondary N) is 1. The maximum absolute atomic E-state index is 12.5. The van der Waals surface area contributed by atoms with Crippen molar-refractivity contribution in [2.24, 2.45) is 0 Å². The van der Waals surface area contributed by atoms with Crippen LogP contribution in [0.2, 0.25) is 0 Å². The van der Waals surface area contributed by atoms with E-state index in [4.69, 9.17) is 5.84 Å². The van der Waals surface area contributed by atoms with Gasteiger partial charge in [-0.05, 0) is 34.1 Å². The summed E-state index contributed by atoms with van der Waals surface area (Å²) in [7, 11) is 0. The van der Waals surface area contributed by atoms with E-state index < -0.39 is 17.8 Å². The highest BCUT2D eigenvalue weighted by Gasteiger charge is 2.32. The molecule has 0 unspecified atom stereocenters. The zero-order valence-electron chi connectivity index (χ0n) is 9.78. The Labute approximate surface area is 119 Å². The monoisotopic (exact) mass is 348 g/mol. The predicted molar refractivity (Wildman–Crippen MR) is 69.5 cm³/mol. The average Bonchev–Trinajstić information content (AvgIpc) is 2.68. The molecular weight excluding hydrogens is 341 g/mol.